The van der Waals surface area contributed by atoms with Crippen LogP contribution in [0.5, 0.6) is 23.0 Å². The SMILES string of the molecule is COc1ccc2c(c1)CN(C)CC2c1cc(OC)c(OC)c(OC)c1. The number of likely N-dealkylation sites (N-methyl/N-ethyl adjacent to an activating group) is 1. The monoisotopic (exact) mass is 343 g/mol. The molecule has 134 valence electrons. The Labute approximate surface area is 149 Å². The van der Waals surface area contributed by atoms with Crippen LogP contribution in [-0.2, 0) is 6.54 Å². The van der Waals surface area contributed by atoms with Gasteiger partial charge in [-0.1, -0.05) is 6.07 Å². The van der Waals surface area contributed by atoms with Crippen LogP contribution < -0.4 is 18.9 Å². The molecule has 0 amide bonds. The molecule has 1 aliphatic heterocycles. The lowest BCUT2D eigenvalue weighted by atomic mass is 9.84. The predicted octanol–water partition coefficient (Wildman–Crippen LogP) is 3.30. The first-order valence-corrected chi connectivity index (χ1v) is 8.26. The highest BCUT2D eigenvalue weighted by Crippen LogP contribution is 2.43. The molecule has 2 aromatic rings. The Bertz CT molecular complexity index is 734. The Morgan fingerprint density at radius 1 is 0.880 bits per heavy atom. The van der Waals surface area contributed by atoms with E-state index >= 15 is 0 Å². The third-order valence-electron chi connectivity index (χ3n) is 4.75. The molecule has 0 radical (unpaired) electrons. The maximum Gasteiger partial charge on any atom is 0.203 e. The fourth-order valence-corrected chi connectivity index (χ4v) is 3.54. The molecule has 0 aliphatic carbocycles. The van der Waals surface area contributed by atoms with E-state index in [-0.39, 0.29) is 5.92 Å². The van der Waals surface area contributed by atoms with Crippen LogP contribution in [0.4, 0.5) is 0 Å². The third-order valence-corrected chi connectivity index (χ3v) is 4.75. The van der Waals surface area contributed by atoms with Gasteiger partial charge in [-0.2, -0.15) is 0 Å². The van der Waals surface area contributed by atoms with Crippen molar-refractivity contribution in [2.24, 2.45) is 0 Å². The number of fused-ring (bicyclic) bond motifs is 1. The summed E-state index contributed by atoms with van der Waals surface area (Å²) in [6.45, 7) is 1.84. The normalized spacial score (nSPS) is 16.9. The fourth-order valence-electron chi connectivity index (χ4n) is 3.54. The molecule has 0 N–H and O–H groups in total. The number of methoxy groups -OCH3 is 4. The number of rotatable bonds is 5. The average Bonchev–Trinajstić information content (AvgIpc) is 2.65. The Balaban J connectivity index is 2.11. The summed E-state index contributed by atoms with van der Waals surface area (Å²) in [7, 11) is 8.74. The largest absolute Gasteiger partial charge is 0.497 e. The smallest absolute Gasteiger partial charge is 0.203 e. The van der Waals surface area contributed by atoms with E-state index in [0.29, 0.717) is 17.2 Å². The summed E-state index contributed by atoms with van der Waals surface area (Å²) in [4.78, 5) is 2.32. The second kappa shape index (κ2) is 7.23. The topological polar surface area (TPSA) is 40.2 Å². The molecule has 0 fully saturated rings. The zero-order valence-electron chi connectivity index (χ0n) is 15.5. The van der Waals surface area contributed by atoms with Gasteiger partial charge in [0.05, 0.1) is 28.4 Å². The van der Waals surface area contributed by atoms with Crippen molar-refractivity contribution in [2.75, 3.05) is 42.0 Å². The summed E-state index contributed by atoms with van der Waals surface area (Å²) in [5, 5.41) is 0. The van der Waals surface area contributed by atoms with Crippen molar-refractivity contribution < 1.29 is 18.9 Å². The quantitative estimate of drug-likeness (QED) is 0.833. The Morgan fingerprint density at radius 3 is 2.12 bits per heavy atom. The zero-order valence-corrected chi connectivity index (χ0v) is 15.5. The van der Waals surface area contributed by atoms with Crippen molar-refractivity contribution >= 4 is 0 Å². The van der Waals surface area contributed by atoms with E-state index in [2.05, 4.69) is 24.1 Å². The molecular weight excluding hydrogens is 318 g/mol. The van der Waals surface area contributed by atoms with Crippen molar-refractivity contribution in [3.63, 3.8) is 0 Å². The zero-order chi connectivity index (χ0) is 18.0. The Hall–Kier alpha value is -2.40. The number of hydrogen-bond acceptors (Lipinski definition) is 5. The van der Waals surface area contributed by atoms with Crippen LogP contribution in [0, 0.1) is 0 Å². The van der Waals surface area contributed by atoms with E-state index < -0.39 is 0 Å². The van der Waals surface area contributed by atoms with Gasteiger partial charge in [0.25, 0.3) is 0 Å². The molecule has 25 heavy (non-hydrogen) atoms. The lowest BCUT2D eigenvalue weighted by molar-refractivity contribution is 0.292. The number of hydrogen-bond donors (Lipinski definition) is 0. The molecule has 1 heterocycles. The van der Waals surface area contributed by atoms with Crippen LogP contribution >= 0.6 is 0 Å². The van der Waals surface area contributed by atoms with Gasteiger partial charge < -0.3 is 23.8 Å². The van der Waals surface area contributed by atoms with E-state index in [1.165, 1.54) is 11.1 Å². The lowest BCUT2D eigenvalue weighted by Crippen LogP contribution is -2.31. The molecule has 0 bridgehead atoms. The van der Waals surface area contributed by atoms with Gasteiger partial charge >= 0.3 is 0 Å². The molecule has 0 saturated carbocycles. The molecule has 0 spiro atoms. The van der Waals surface area contributed by atoms with Gasteiger partial charge in [0.15, 0.2) is 11.5 Å². The van der Waals surface area contributed by atoms with E-state index in [0.717, 1.165) is 24.4 Å². The van der Waals surface area contributed by atoms with Crippen molar-refractivity contribution in [1.29, 1.82) is 0 Å². The summed E-state index contributed by atoms with van der Waals surface area (Å²) < 4.78 is 21.9. The number of nitrogens with zero attached hydrogens (tertiary/aromatic N) is 1. The second-order valence-corrected chi connectivity index (χ2v) is 6.27. The van der Waals surface area contributed by atoms with Crippen LogP contribution in [0.25, 0.3) is 0 Å². The van der Waals surface area contributed by atoms with E-state index in [1.54, 1.807) is 28.4 Å². The standard InChI is InChI=1S/C20H25NO4/c1-21-11-14-8-15(22-2)6-7-16(14)17(12-21)13-9-18(23-3)20(25-5)19(10-13)24-4/h6-10,17H,11-12H2,1-5H3. The van der Waals surface area contributed by atoms with Crippen LogP contribution in [0.3, 0.4) is 0 Å². The minimum atomic E-state index is 0.230. The van der Waals surface area contributed by atoms with Gasteiger partial charge in [0.1, 0.15) is 5.75 Å². The first kappa shape index (κ1) is 17.4. The molecule has 3 rings (SSSR count). The summed E-state index contributed by atoms with van der Waals surface area (Å²) >= 11 is 0. The molecule has 0 saturated heterocycles. The van der Waals surface area contributed by atoms with Crippen LogP contribution in [0.15, 0.2) is 30.3 Å². The highest BCUT2D eigenvalue weighted by molar-refractivity contribution is 5.56. The van der Waals surface area contributed by atoms with Gasteiger partial charge in [-0.05, 0) is 48.0 Å². The molecule has 1 unspecified atom stereocenters. The maximum atomic E-state index is 5.52. The predicted molar refractivity (Wildman–Crippen MR) is 97.3 cm³/mol. The van der Waals surface area contributed by atoms with Crippen LogP contribution in [0.2, 0.25) is 0 Å². The van der Waals surface area contributed by atoms with E-state index in [9.17, 15) is 0 Å². The Kier molecular flexibility index (Phi) is 5.04. The molecular formula is C20H25NO4. The molecule has 0 aromatic heterocycles. The van der Waals surface area contributed by atoms with Gasteiger partial charge in [-0.25, -0.2) is 0 Å². The average molecular weight is 343 g/mol. The Morgan fingerprint density at radius 2 is 1.56 bits per heavy atom. The van der Waals surface area contributed by atoms with Gasteiger partial charge in [-0.3, -0.25) is 0 Å². The van der Waals surface area contributed by atoms with E-state index in [4.69, 9.17) is 18.9 Å². The van der Waals surface area contributed by atoms with Gasteiger partial charge in [0, 0.05) is 19.0 Å². The fraction of sp³-hybridized carbons (Fsp3) is 0.400. The second-order valence-electron chi connectivity index (χ2n) is 6.27. The van der Waals surface area contributed by atoms with Gasteiger partial charge in [-0.15, -0.1) is 0 Å². The van der Waals surface area contributed by atoms with Crippen molar-refractivity contribution in [3.05, 3.63) is 47.0 Å². The van der Waals surface area contributed by atoms with Crippen molar-refractivity contribution in [2.45, 2.75) is 12.5 Å². The van der Waals surface area contributed by atoms with Crippen molar-refractivity contribution in [1.82, 2.24) is 4.90 Å². The first-order chi connectivity index (χ1) is 12.1. The van der Waals surface area contributed by atoms with Crippen LogP contribution in [-0.4, -0.2) is 46.9 Å². The minimum Gasteiger partial charge on any atom is -0.497 e. The van der Waals surface area contributed by atoms with Gasteiger partial charge in [0.2, 0.25) is 5.75 Å². The highest BCUT2D eigenvalue weighted by atomic mass is 16.5. The van der Waals surface area contributed by atoms with E-state index in [1.807, 2.05) is 18.2 Å². The molecule has 5 heteroatoms. The summed E-state index contributed by atoms with van der Waals surface area (Å²) in [5.74, 6) is 3.10. The molecule has 1 aliphatic rings. The summed E-state index contributed by atoms with van der Waals surface area (Å²) in [6.07, 6.45) is 0. The lowest BCUT2D eigenvalue weighted by Gasteiger charge is -2.33. The first-order valence-electron chi connectivity index (χ1n) is 8.26. The minimum absolute atomic E-state index is 0.230. The van der Waals surface area contributed by atoms with Crippen LogP contribution in [0.1, 0.15) is 22.6 Å². The number of ether oxygens (including phenoxy) is 4. The number of benzene rings is 2. The summed E-state index contributed by atoms with van der Waals surface area (Å²) in [5.41, 5.74) is 3.74. The molecule has 1 atom stereocenters. The maximum absolute atomic E-state index is 5.52. The molecule has 2 aromatic carbocycles. The van der Waals surface area contributed by atoms with Crippen molar-refractivity contribution in [3.8, 4) is 23.0 Å². The summed E-state index contributed by atoms with van der Waals surface area (Å²) in [6, 6.07) is 10.4. The third kappa shape index (κ3) is 3.24. The highest BCUT2D eigenvalue weighted by Gasteiger charge is 2.27. The molecule has 5 nitrogen and oxygen atoms in total.